The van der Waals surface area contributed by atoms with Crippen LogP contribution in [0.2, 0.25) is 0 Å². The van der Waals surface area contributed by atoms with E-state index in [0.29, 0.717) is 18.6 Å². The van der Waals surface area contributed by atoms with Crippen LogP contribution in [0.25, 0.3) is 0 Å². The average molecular weight is 220 g/mol. The molecule has 0 saturated carbocycles. The second kappa shape index (κ2) is 5.95. The van der Waals surface area contributed by atoms with Crippen molar-refractivity contribution in [2.75, 3.05) is 13.7 Å². The Bertz CT molecular complexity index is 383. The van der Waals surface area contributed by atoms with E-state index in [1.165, 1.54) is 0 Å². The van der Waals surface area contributed by atoms with Gasteiger partial charge in [-0.1, -0.05) is 6.08 Å². The molecule has 0 bridgehead atoms. The van der Waals surface area contributed by atoms with Gasteiger partial charge in [0.1, 0.15) is 5.75 Å². The largest absolute Gasteiger partial charge is 0.496 e. The molecule has 16 heavy (non-hydrogen) atoms. The summed E-state index contributed by atoms with van der Waals surface area (Å²) in [5.41, 5.74) is 1.47. The lowest BCUT2D eigenvalue weighted by atomic mass is 10.1. The van der Waals surface area contributed by atoms with Gasteiger partial charge in [0, 0.05) is 0 Å². The summed E-state index contributed by atoms with van der Waals surface area (Å²) in [6, 6.07) is 5.24. The van der Waals surface area contributed by atoms with E-state index in [4.69, 9.17) is 9.47 Å². The van der Waals surface area contributed by atoms with Gasteiger partial charge in [0.25, 0.3) is 0 Å². The quantitative estimate of drug-likeness (QED) is 0.565. The van der Waals surface area contributed by atoms with Gasteiger partial charge in [-0.25, -0.2) is 4.79 Å². The topological polar surface area (TPSA) is 35.5 Å². The minimum atomic E-state index is -0.310. The molecule has 0 amide bonds. The van der Waals surface area contributed by atoms with Crippen LogP contribution in [0.15, 0.2) is 30.9 Å². The van der Waals surface area contributed by atoms with Gasteiger partial charge in [0.15, 0.2) is 0 Å². The van der Waals surface area contributed by atoms with Crippen LogP contribution in [-0.4, -0.2) is 19.7 Å². The van der Waals surface area contributed by atoms with Crippen LogP contribution < -0.4 is 4.74 Å². The van der Waals surface area contributed by atoms with Crippen LogP contribution in [0.3, 0.4) is 0 Å². The summed E-state index contributed by atoms with van der Waals surface area (Å²) in [6.07, 6.45) is 2.43. The van der Waals surface area contributed by atoms with Gasteiger partial charge >= 0.3 is 5.97 Å². The number of esters is 1. The lowest BCUT2D eigenvalue weighted by Gasteiger charge is -2.08. The zero-order valence-electron chi connectivity index (χ0n) is 9.66. The van der Waals surface area contributed by atoms with Crippen LogP contribution in [-0.2, 0) is 11.2 Å². The highest BCUT2D eigenvalue weighted by molar-refractivity contribution is 5.89. The molecule has 3 nitrogen and oxygen atoms in total. The molecule has 3 heteroatoms. The molecule has 0 unspecified atom stereocenters. The van der Waals surface area contributed by atoms with Gasteiger partial charge in [-0.3, -0.25) is 0 Å². The molecule has 1 aromatic carbocycles. The first kappa shape index (κ1) is 12.3. The fraction of sp³-hybridized carbons (Fsp3) is 0.308. The minimum absolute atomic E-state index is 0.310. The number of ether oxygens (including phenoxy) is 2. The molecule has 1 aromatic rings. The Morgan fingerprint density at radius 3 is 2.81 bits per heavy atom. The van der Waals surface area contributed by atoms with Crippen molar-refractivity contribution in [3.05, 3.63) is 42.0 Å². The van der Waals surface area contributed by atoms with Crippen molar-refractivity contribution in [3.63, 3.8) is 0 Å². The molecular weight excluding hydrogens is 204 g/mol. The van der Waals surface area contributed by atoms with Crippen LogP contribution in [0, 0.1) is 0 Å². The number of carbonyl (C=O) groups is 1. The Hall–Kier alpha value is -1.77. The van der Waals surface area contributed by atoms with E-state index >= 15 is 0 Å². The van der Waals surface area contributed by atoms with Gasteiger partial charge < -0.3 is 9.47 Å². The highest BCUT2D eigenvalue weighted by Crippen LogP contribution is 2.21. The summed E-state index contributed by atoms with van der Waals surface area (Å²) in [6.45, 7) is 5.83. The summed E-state index contributed by atoms with van der Waals surface area (Å²) in [5, 5.41) is 0. The smallest absolute Gasteiger partial charge is 0.338 e. The third-order valence-corrected chi connectivity index (χ3v) is 2.16. The standard InChI is InChI=1S/C13H16O3/c1-4-6-10-9-11(13(14)16-5-2)7-8-12(10)15-3/h4,7-9H,1,5-6H2,2-3H3. The highest BCUT2D eigenvalue weighted by atomic mass is 16.5. The van der Waals surface area contributed by atoms with Crippen molar-refractivity contribution in [2.45, 2.75) is 13.3 Å². The molecule has 0 aromatic heterocycles. The van der Waals surface area contributed by atoms with Crippen molar-refractivity contribution < 1.29 is 14.3 Å². The zero-order valence-corrected chi connectivity index (χ0v) is 9.66. The first-order valence-electron chi connectivity index (χ1n) is 5.17. The van der Waals surface area contributed by atoms with Crippen molar-refractivity contribution in [1.29, 1.82) is 0 Å². The van der Waals surface area contributed by atoms with Gasteiger partial charge in [-0.15, -0.1) is 6.58 Å². The van der Waals surface area contributed by atoms with E-state index < -0.39 is 0 Å². The summed E-state index contributed by atoms with van der Waals surface area (Å²) in [4.78, 5) is 11.5. The maximum atomic E-state index is 11.5. The normalized spacial score (nSPS) is 9.62. The van der Waals surface area contributed by atoms with Gasteiger partial charge in [0.05, 0.1) is 19.3 Å². The molecule has 0 fully saturated rings. The van der Waals surface area contributed by atoms with E-state index in [2.05, 4.69) is 6.58 Å². The van der Waals surface area contributed by atoms with Crippen molar-refractivity contribution in [3.8, 4) is 5.75 Å². The maximum absolute atomic E-state index is 11.5. The summed E-state index contributed by atoms with van der Waals surface area (Å²) < 4.78 is 10.1. The van der Waals surface area contributed by atoms with Crippen molar-refractivity contribution >= 4 is 5.97 Å². The van der Waals surface area contributed by atoms with Crippen LogP contribution >= 0.6 is 0 Å². The lowest BCUT2D eigenvalue weighted by Crippen LogP contribution is -2.05. The third-order valence-electron chi connectivity index (χ3n) is 2.16. The number of allylic oxidation sites excluding steroid dienone is 1. The Balaban J connectivity index is 3.00. The molecule has 0 saturated heterocycles. The first-order valence-corrected chi connectivity index (χ1v) is 5.17. The molecule has 1 rings (SSSR count). The van der Waals surface area contributed by atoms with Crippen LogP contribution in [0.5, 0.6) is 5.75 Å². The fourth-order valence-electron chi connectivity index (χ4n) is 1.44. The molecule has 0 aliphatic rings. The molecule has 0 heterocycles. The van der Waals surface area contributed by atoms with E-state index in [0.717, 1.165) is 11.3 Å². The molecule has 0 spiro atoms. The monoisotopic (exact) mass is 220 g/mol. The number of methoxy groups -OCH3 is 1. The minimum Gasteiger partial charge on any atom is -0.496 e. The highest BCUT2D eigenvalue weighted by Gasteiger charge is 2.09. The molecule has 0 atom stereocenters. The predicted octanol–water partition coefficient (Wildman–Crippen LogP) is 2.60. The second-order valence-electron chi connectivity index (χ2n) is 3.24. The van der Waals surface area contributed by atoms with Gasteiger partial charge in [0.2, 0.25) is 0 Å². The molecule has 0 aliphatic carbocycles. The SMILES string of the molecule is C=CCc1cc(C(=O)OCC)ccc1OC. The molecule has 86 valence electrons. The van der Waals surface area contributed by atoms with E-state index in [1.54, 1.807) is 38.3 Å². The Labute approximate surface area is 95.7 Å². The van der Waals surface area contributed by atoms with Crippen LogP contribution in [0.4, 0.5) is 0 Å². The van der Waals surface area contributed by atoms with Gasteiger partial charge in [-0.2, -0.15) is 0 Å². The number of rotatable bonds is 5. The Kier molecular flexibility index (Phi) is 4.58. The summed E-state index contributed by atoms with van der Waals surface area (Å²) in [7, 11) is 1.60. The van der Waals surface area contributed by atoms with Crippen molar-refractivity contribution in [2.24, 2.45) is 0 Å². The van der Waals surface area contributed by atoms with Gasteiger partial charge in [-0.05, 0) is 37.1 Å². The Morgan fingerprint density at radius 1 is 1.50 bits per heavy atom. The second-order valence-corrected chi connectivity index (χ2v) is 3.24. The lowest BCUT2D eigenvalue weighted by molar-refractivity contribution is 0.0526. The molecule has 0 radical (unpaired) electrons. The summed E-state index contributed by atoms with van der Waals surface area (Å²) in [5.74, 6) is 0.448. The summed E-state index contributed by atoms with van der Waals surface area (Å²) >= 11 is 0. The number of benzene rings is 1. The number of carbonyl (C=O) groups excluding carboxylic acids is 1. The number of hydrogen-bond donors (Lipinski definition) is 0. The fourth-order valence-corrected chi connectivity index (χ4v) is 1.44. The number of hydrogen-bond acceptors (Lipinski definition) is 3. The van der Waals surface area contributed by atoms with E-state index in [-0.39, 0.29) is 5.97 Å². The average Bonchev–Trinajstić information content (AvgIpc) is 2.29. The predicted molar refractivity (Wildman–Crippen MR) is 62.9 cm³/mol. The van der Waals surface area contributed by atoms with Crippen molar-refractivity contribution in [1.82, 2.24) is 0 Å². The van der Waals surface area contributed by atoms with Crippen LogP contribution in [0.1, 0.15) is 22.8 Å². The Morgan fingerprint density at radius 2 is 2.25 bits per heavy atom. The molecule has 0 N–H and O–H groups in total. The first-order chi connectivity index (χ1) is 7.72. The molecular formula is C13H16O3. The maximum Gasteiger partial charge on any atom is 0.338 e. The van der Waals surface area contributed by atoms with E-state index in [9.17, 15) is 4.79 Å². The third kappa shape index (κ3) is 2.86. The molecule has 0 aliphatic heterocycles. The van der Waals surface area contributed by atoms with E-state index in [1.807, 2.05) is 0 Å². The zero-order chi connectivity index (χ0) is 12.0.